The van der Waals surface area contributed by atoms with Gasteiger partial charge in [0.15, 0.2) is 46.6 Å². The van der Waals surface area contributed by atoms with Crippen molar-refractivity contribution in [2.45, 2.75) is 0 Å². The van der Waals surface area contributed by atoms with Crippen molar-refractivity contribution in [2.24, 2.45) is 0 Å². The molecule has 0 aliphatic rings. The molecule has 11 heteroatoms. The largest absolute Gasteiger partial charge is 0.307 e. The lowest BCUT2D eigenvalue weighted by Gasteiger charge is -2.13. The molecular formula is C69H43N11. The predicted molar refractivity (Wildman–Crippen MR) is 319 cm³/mol. The van der Waals surface area contributed by atoms with Gasteiger partial charge in [0.05, 0.1) is 22.1 Å². The van der Waals surface area contributed by atoms with Crippen LogP contribution in [0.25, 0.3) is 146 Å². The van der Waals surface area contributed by atoms with E-state index < -0.39 is 0 Å². The van der Waals surface area contributed by atoms with Crippen LogP contribution in [0.3, 0.4) is 0 Å². The van der Waals surface area contributed by atoms with Crippen LogP contribution in [0, 0.1) is 0 Å². The second-order valence-corrected chi connectivity index (χ2v) is 19.4. The number of fused-ring (bicyclic) bond motifs is 7. The maximum Gasteiger partial charge on any atom is 0.238 e. The van der Waals surface area contributed by atoms with Gasteiger partial charge >= 0.3 is 0 Å². The van der Waals surface area contributed by atoms with E-state index in [-0.39, 0.29) is 0 Å². The molecule has 0 aliphatic carbocycles. The first-order valence-corrected chi connectivity index (χ1v) is 26.4. The molecule has 5 heterocycles. The number of benzene rings is 10. The third-order valence-electron chi connectivity index (χ3n) is 14.5. The molecule has 15 aromatic rings. The molecule has 5 aromatic heterocycles. The topological polar surface area (TPSA) is 126 Å². The van der Waals surface area contributed by atoms with Gasteiger partial charge in [0, 0.05) is 71.7 Å². The highest BCUT2D eigenvalue weighted by Gasteiger charge is 2.24. The summed E-state index contributed by atoms with van der Waals surface area (Å²) < 4.78 is 4.58. The van der Waals surface area contributed by atoms with Gasteiger partial charge in [0.2, 0.25) is 5.95 Å². The first-order valence-electron chi connectivity index (χ1n) is 26.4. The minimum Gasteiger partial charge on any atom is -0.307 e. The number of nitrogens with zero attached hydrogens (tertiary/aromatic N) is 11. The molecule has 0 spiro atoms. The number of aromatic nitrogens is 11. The van der Waals surface area contributed by atoms with E-state index in [1.165, 1.54) is 0 Å². The number of hydrogen-bond acceptors (Lipinski definition) is 9. The SMILES string of the molecule is c1ccc(-c2nc(-c3ccccc3)nc(-c3cccc(-c4nc(-c5ccccc5)nc(-c5cccc(-c6nc(-c7ccccc7)nc(-n7c8ccccc8c8ccc9c%10ccccc%10n(-c%10ccccc%10)c9c87)n6)c5)n4)c3)n2)cc1. The number of para-hydroxylation sites is 3. The normalized spacial score (nSPS) is 11.5. The van der Waals surface area contributed by atoms with Crippen LogP contribution in [-0.2, 0) is 0 Å². The van der Waals surface area contributed by atoms with Gasteiger partial charge in [0.25, 0.3) is 0 Å². The summed E-state index contributed by atoms with van der Waals surface area (Å²) in [6.45, 7) is 0. The van der Waals surface area contributed by atoms with Crippen molar-refractivity contribution in [3.05, 3.63) is 261 Å². The highest BCUT2D eigenvalue weighted by molar-refractivity contribution is 6.23. The lowest BCUT2D eigenvalue weighted by molar-refractivity contribution is 0.953. The summed E-state index contributed by atoms with van der Waals surface area (Å²) in [7, 11) is 0. The third kappa shape index (κ3) is 8.21. The molecule has 15 rings (SSSR count). The molecule has 0 bridgehead atoms. The molecule has 0 fully saturated rings. The summed E-state index contributed by atoms with van der Waals surface area (Å²) in [6, 6.07) is 88.3. The molecule has 0 saturated heterocycles. The molecular weight excluding hydrogens is 983 g/mol. The molecule has 0 amide bonds. The van der Waals surface area contributed by atoms with Gasteiger partial charge in [-0.3, -0.25) is 4.57 Å². The fourth-order valence-corrected chi connectivity index (χ4v) is 10.7. The van der Waals surface area contributed by atoms with Gasteiger partial charge in [-0.15, -0.1) is 0 Å². The molecule has 10 aromatic carbocycles. The van der Waals surface area contributed by atoms with Crippen molar-refractivity contribution < 1.29 is 0 Å². The first kappa shape index (κ1) is 46.2. The Morgan fingerprint density at radius 1 is 0.200 bits per heavy atom. The standard InChI is InChI=1S/C69H43N11/c1-6-22-44(23-7-1)61-70-62(45-24-8-2-9-25-45)72-65(71-61)48-30-20-31-49(42-48)66-73-63(46-26-10-3-11-27-46)74-67(76-66)50-32-21-33-51(43-50)68-75-64(47-28-12-4-13-29-47)77-69(78-68)80-58-39-19-17-37-54(58)56-41-40-55-53-36-16-18-38-57(53)79(59(55)60(56)80)52-34-14-5-15-35-52/h1-43H. The second kappa shape index (κ2) is 19.4. The van der Waals surface area contributed by atoms with Crippen LogP contribution in [0.2, 0.25) is 0 Å². The Hall–Kier alpha value is -11.2. The molecule has 0 N–H and O–H groups in total. The lowest BCUT2D eigenvalue weighted by atomic mass is 10.1. The quantitative estimate of drug-likeness (QED) is 0.132. The minimum absolute atomic E-state index is 0.482. The summed E-state index contributed by atoms with van der Waals surface area (Å²) in [4.78, 5) is 46.6. The molecule has 0 aliphatic heterocycles. The molecule has 80 heavy (non-hydrogen) atoms. The first-order chi connectivity index (χ1) is 39.6. The van der Waals surface area contributed by atoms with Crippen LogP contribution in [-0.4, -0.2) is 54.0 Å². The van der Waals surface area contributed by atoms with Crippen molar-refractivity contribution in [1.82, 2.24) is 54.0 Å². The van der Waals surface area contributed by atoms with Crippen molar-refractivity contribution in [3.8, 4) is 103 Å². The zero-order valence-electron chi connectivity index (χ0n) is 42.7. The zero-order chi connectivity index (χ0) is 52.9. The van der Waals surface area contributed by atoms with Crippen LogP contribution in [0.15, 0.2) is 261 Å². The van der Waals surface area contributed by atoms with Gasteiger partial charge in [-0.1, -0.05) is 224 Å². The summed E-state index contributed by atoms with van der Waals surface area (Å²) in [5.41, 5.74) is 11.8. The number of hydrogen-bond donors (Lipinski definition) is 0. The minimum atomic E-state index is 0.482. The van der Waals surface area contributed by atoms with Crippen LogP contribution >= 0.6 is 0 Å². The average Bonchev–Trinajstić information content (AvgIpc) is 4.11. The summed E-state index contributed by atoms with van der Waals surface area (Å²) in [6.07, 6.45) is 0. The highest BCUT2D eigenvalue weighted by Crippen LogP contribution is 2.42. The van der Waals surface area contributed by atoms with E-state index in [9.17, 15) is 0 Å². The van der Waals surface area contributed by atoms with Gasteiger partial charge in [-0.2, -0.15) is 9.97 Å². The fraction of sp³-hybridized carbons (Fsp3) is 0. The van der Waals surface area contributed by atoms with E-state index in [1.54, 1.807) is 0 Å². The van der Waals surface area contributed by atoms with Crippen LogP contribution in [0.4, 0.5) is 0 Å². The Morgan fingerprint density at radius 2 is 0.475 bits per heavy atom. The zero-order valence-corrected chi connectivity index (χ0v) is 42.7. The summed E-state index contributed by atoms with van der Waals surface area (Å²) in [5.74, 6) is 4.70. The average molecular weight is 1030 g/mol. The summed E-state index contributed by atoms with van der Waals surface area (Å²) in [5, 5.41) is 4.47. The Kier molecular flexibility index (Phi) is 11.2. The monoisotopic (exact) mass is 1030 g/mol. The Labute approximate surface area is 459 Å². The van der Waals surface area contributed by atoms with Crippen molar-refractivity contribution in [2.75, 3.05) is 0 Å². The van der Waals surface area contributed by atoms with Crippen LogP contribution < -0.4 is 0 Å². The Balaban J connectivity index is 0.902. The maximum atomic E-state index is 5.45. The van der Waals surface area contributed by atoms with Gasteiger partial charge < -0.3 is 4.57 Å². The van der Waals surface area contributed by atoms with E-state index in [0.717, 1.165) is 93.8 Å². The fourth-order valence-electron chi connectivity index (χ4n) is 10.7. The highest BCUT2D eigenvalue weighted by atomic mass is 15.2. The van der Waals surface area contributed by atoms with Crippen molar-refractivity contribution >= 4 is 43.6 Å². The summed E-state index contributed by atoms with van der Waals surface area (Å²) >= 11 is 0. The van der Waals surface area contributed by atoms with Crippen LogP contribution in [0.1, 0.15) is 0 Å². The van der Waals surface area contributed by atoms with Crippen molar-refractivity contribution in [3.63, 3.8) is 0 Å². The van der Waals surface area contributed by atoms with E-state index in [4.69, 9.17) is 44.9 Å². The lowest BCUT2D eigenvalue weighted by Crippen LogP contribution is -2.07. The van der Waals surface area contributed by atoms with E-state index in [1.807, 2.05) is 164 Å². The van der Waals surface area contributed by atoms with Gasteiger partial charge in [0.1, 0.15) is 0 Å². The van der Waals surface area contributed by atoms with Gasteiger partial charge in [-0.25, -0.2) is 34.9 Å². The smallest absolute Gasteiger partial charge is 0.238 e. The van der Waals surface area contributed by atoms with E-state index in [0.29, 0.717) is 52.5 Å². The van der Waals surface area contributed by atoms with E-state index in [2.05, 4.69) is 106 Å². The molecule has 0 atom stereocenters. The molecule has 0 unspecified atom stereocenters. The molecule has 0 saturated carbocycles. The molecule has 374 valence electrons. The Bertz CT molecular complexity index is 4760. The maximum absolute atomic E-state index is 5.45. The number of rotatable bonds is 10. The molecule has 11 nitrogen and oxygen atoms in total. The van der Waals surface area contributed by atoms with Crippen molar-refractivity contribution in [1.29, 1.82) is 0 Å². The Morgan fingerprint density at radius 3 is 0.863 bits per heavy atom. The van der Waals surface area contributed by atoms with Gasteiger partial charge in [-0.05, 0) is 36.4 Å². The van der Waals surface area contributed by atoms with E-state index >= 15 is 0 Å². The second-order valence-electron chi connectivity index (χ2n) is 19.4. The third-order valence-corrected chi connectivity index (χ3v) is 14.5. The predicted octanol–water partition coefficient (Wildman–Crippen LogP) is 15.8. The van der Waals surface area contributed by atoms with Crippen LogP contribution in [0.5, 0.6) is 0 Å². The molecule has 0 radical (unpaired) electrons.